The number of anilines is 1. The van der Waals surface area contributed by atoms with Crippen molar-refractivity contribution < 1.29 is 14.3 Å². The van der Waals surface area contributed by atoms with E-state index in [1.165, 1.54) is 11.1 Å². The van der Waals surface area contributed by atoms with Gasteiger partial charge >= 0.3 is 0 Å². The summed E-state index contributed by atoms with van der Waals surface area (Å²) in [6, 6.07) is 19.3. The minimum atomic E-state index is -0.459. The van der Waals surface area contributed by atoms with Gasteiger partial charge in [0.15, 0.2) is 11.5 Å². The molecule has 34 heavy (non-hydrogen) atoms. The van der Waals surface area contributed by atoms with E-state index in [-0.39, 0.29) is 5.57 Å². The molecule has 0 unspecified atom stereocenters. The maximum Gasteiger partial charge on any atom is 0.266 e. The number of carbonyl (C=O) groups excluding carboxylic acids is 1. The highest BCUT2D eigenvalue weighted by molar-refractivity contribution is 6.09. The van der Waals surface area contributed by atoms with E-state index in [9.17, 15) is 10.1 Å². The van der Waals surface area contributed by atoms with Crippen LogP contribution in [0.5, 0.6) is 11.5 Å². The van der Waals surface area contributed by atoms with E-state index in [0.29, 0.717) is 36.0 Å². The van der Waals surface area contributed by atoms with Crippen molar-refractivity contribution in [3.8, 4) is 17.6 Å². The van der Waals surface area contributed by atoms with Crippen LogP contribution in [0.1, 0.15) is 40.3 Å². The minimum absolute atomic E-state index is 0.00414. The van der Waals surface area contributed by atoms with Crippen LogP contribution >= 0.6 is 0 Å². The zero-order valence-electron chi connectivity index (χ0n) is 20.4. The van der Waals surface area contributed by atoms with Crippen molar-refractivity contribution in [2.75, 3.05) is 11.9 Å². The fourth-order valence-corrected chi connectivity index (χ4v) is 3.39. The summed E-state index contributed by atoms with van der Waals surface area (Å²) in [4.78, 5) is 12.7. The molecule has 0 saturated carbocycles. The third-order valence-electron chi connectivity index (χ3n) is 5.67. The molecule has 3 rings (SSSR count). The Kier molecular flexibility index (Phi) is 8.10. The molecule has 3 aromatic rings. The highest BCUT2D eigenvalue weighted by atomic mass is 16.5. The summed E-state index contributed by atoms with van der Waals surface area (Å²) in [6.07, 6.45) is 1.55. The fourth-order valence-electron chi connectivity index (χ4n) is 3.39. The van der Waals surface area contributed by atoms with E-state index >= 15 is 0 Å². The Hall–Kier alpha value is -4.04. The van der Waals surface area contributed by atoms with Crippen LogP contribution in [0, 0.1) is 39.0 Å². The Morgan fingerprint density at radius 3 is 2.24 bits per heavy atom. The molecule has 0 aromatic heterocycles. The van der Waals surface area contributed by atoms with Crippen molar-refractivity contribution in [2.45, 2.75) is 41.2 Å². The van der Waals surface area contributed by atoms with E-state index in [1.807, 2.05) is 51.1 Å². The Morgan fingerprint density at radius 1 is 0.882 bits per heavy atom. The van der Waals surface area contributed by atoms with Gasteiger partial charge < -0.3 is 14.8 Å². The number of amides is 1. The van der Waals surface area contributed by atoms with Crippen LogP contribution < -0.4 is 14.8 Å². The molecule has 1 amide bonds. The molecule has 1 N–H and O–H groups in total. The lowest BCUT2D eigenvalue weighted by molar-refractivity contribution is -0.112. The van der Waals surface area contributed by atoms with Gasteiger partial charge in [0.2, 0.25) is 0 Å². The SMILES string of the molecule is CCOc1cc(/C=C(\C#N)C(=O)Nc2ccc(C)c(C)c2)ccc1OCc1ccc(C)c(C)c1. The molecule has 0 radical (unpaired) electrons. The van der Waals surface area contributed by atoms with Gasteiger partial charge in [-0.1, -0.05) is 30.3 Å². The van der Waals surface area contributed by atoms with Crippen LogP contribution in [0.25, 0.3) is 6.08 Å². The van der Waals surface area contributed by atoms with E-state index in [1.54, 1.807) is 24.3 Å². The van der Waals surface area contributed by atoms with Gasteiger partial charge in [-0.15, -0.1) is 0 Å². The molecule has 0 atom stereocenters. The van der Waals surface area contributed by atoms with Gasteiger partial charge in [0.05, 0.1) is 6.61 Å². The smallest absolute Gasteiger partial charge is 0.266 e. The number of benzene rings is 3. The zero-order valence-corrected chi connectivity index (χ0v) is 20.4. The molecule has 0 saturated heterocycles. The van der Waals surface area contributed by atoms with E-state index in [2.05, 4.69) is 31.3 Å². The first kappa shape index (κ1) is 24.6. The quantitative estimate of drug-likeness (QED) is 0.314. The van der Waals surface area contributed by atoms with Crippen LogP contribution in [0.2, 0.25) is 0 Å². The molecular weight excluding hydrogens is 424 g/mol. The molecule has 5 heteroatoms. The summed E-state index contributed by atoms with van der Waals surface area (Å²) < 4.78 is 11.8. The maximum absolute atomic E-state index is 12.7. The molecule has 0 heterocycles. The Morgan fingerprint density at radius 2 is 1.59 bits per heavy atom. The Bertz CT molecular complexity index is 1270. The second-order valence-electron chi connectivity index (χ2n) is 8.27. The van der Waals surface area contributed by atoms with Gasteiger partial charge in [0.25, 0.3) is 5.91 Å². The third-order valence-corrected chi connectivity index (χ3v) is 5.67. The van der Waals surface area contributed by atoms with Crippen molar-refractivity contribution in [1.82, 2.24) is 0 Å². The number of aryl methyl sites for hydroxylation is 4. The largest absolute Gasteiger partial charge is 0.490 e. The molecule has 0 fully saturated rings. The van der Waals surface area contributed by atoms with Crippen LogP contribution in [0.15, 0.2) is 60.2 Å². The molecule has 0 aliphatic carbocycles. The van der Waals surface area contributed by atoms with Gasteiger partial charge in [-0.3, -0.25) is 4.79 Å². The fraction of sp³-hybridized carbons (Fsp3) is 0.241. The number of nitriles is 1. The third kappa shape index (κ3) is 6.26. The predicted molar refractivity (Wildman–Crippen MR) is 136 cm³/mol. The summed E-state index contributed by atoms with van der Waals surface area (Å²) in [7, 11) is 0. The van der Waals surface area contributed by atoms with E-state index < -0.39 is 5.91 Å². The number of hydrogen-bond donors (Lipinski definition) is 1. The van der Waals surface area contributed by atoms with Crippen LogP contribution in [0.3, 0.4) is 0 Å². The number of nitrogens with zero attached hydrogens (tertiary/aromatic N) is 1. The van der Waals surface area contributed by atoms with Gasteiger partial charge in [-0.25, -0.2) is 0 Å². The summed E-state index contributed by atoms with van der Waals surface area (Å²) in [5.74, 6) is 0.709. The Labute approximate surface area is 201 Å². The molecular formula is C29H30N2O3. The van der Waals surface area contributed by atoms with Gasteiger partial charge in [-0.2, -0.15) is 5.26 Å². The normalized spacial score (nSPS) is 11.0. The van der Waals surface area contributed by atoms with Gasteiger partial charge in [0.1, 0.15) is 18.2 Å². The minimum Gasteiger partial charge on any atom is -0.490 e. The van der Waals surface area contributed by atoms with Crippen molar-refractivity contribution in [2.24, 2.45) is 0 Å². The number of nitrogens with one attached hydrogen (secondary N) is 1. The van der Waals surface area contributed by atoms with Crippen molar-refractivity contribution in [3.63, 3.8) is 0 Å². The van der Waals surface area contributed by atoms with Crippen molar-refractivity contribution >= 4 is 17.7 Å². The van der Waals surface area contributed by atoms with Crippen LogP contribution in [0.4, 0.5) is 5.69 Å². The monoisotopic (exact) mass is 454 g/mol. The Balaban J connectivity index is 1.78. The molecule has 0 aliphatic rings. The number of ether oxygens (including phenoxy) is 2. The first-order valence-electron chi connectivity index (χ1n) is 11.3. The van der Waals surface area contributed by atoms with Crippen molar-refractivity contribution in [3.05, 3.63) is 93.6 Å². The lowest BCUT2D eigenvalue weighted by Crippen LogP contribution is -2.13. The first-order valence-corrected chi connectivity index (χ1v) is 11.3. The zero-order chi connectivity index (χ0) is 24.7. The number of hydrogen-bond acceptors (Lipinski definition) is 4. The van der Waals surface area contributed by atoms with Crippen LogP contribution in [-0.4, -0.2) is 12.5 Å². The topological polar surface area (TPSA) is 71.3 Å². The number of carbonyl (C=O) groups is 1. The second-order valence-corrected chi connectivity index (χ2v) is 8.27. The first-order chi connectivity index (χ1) is 16.3. The summed E-state index contributed by atoms with van der Waals surface area (Å²) >= 11 is 0. The summed E-state index contributed by atoms with van der Waals surface area (Å²) in [6.45, 7) is 10.9. The summed E-state index contributed by atoms with van der Waals surface area (Å²) in [5, 5.41) is 12.4. The van der Waals surface area contributed by atoms with Crippen molar-refractivity contribution in [1.29, 1.82) is 5.26 Å². The molecule has 5 nitrogen and oxygen atoms in total. The number of rotatable bonds is 8. The van der Waals surface area contributed by atoms with E-state index in [4.69, 9.17) is 9.47 Å². The molecule has 0 aliphatic heterocycles. The average molecular weight is 455 g/mol. The lowest BCUT2D eigenvalue weighted by atomic mass is 10.1. The van der Waals surface area contributed by atoms with Crippen LogP contribution in [-0.2, 0) is 11.4 Å². The molecule has 0 bridgehead atoms. The summed E-state index contributed by atoms with van der Waals surface area (Å²) in [5.41, 5.74) is 7.07. The molecule has 0 spiro atoms. The highest BCUT2D eigenvalue weighted by Crippen LogP contribution is 2.30. The maximum atomic E-state index is 12.7. The lowest BCUT2D eigenvalue weighted by Gasteiger charge is -2.13. The second kappa shape index (κ2) is 11.2. The molecule has 3 aromatic carbocycles. The van der Waals surface area contributed by atoms with Gasteiger partial charge in [-0.05, 0) is 98.3 Å². The average Bonchev–Trinajstić information content (AvgIpc) is 2.81. The van der Waals surface area contributed by atoms with Gasteiger partial charge in [0, 0.05) is 5.69 Å². The predicted octanol–water partition coefficient (Wildman–Crippen LogP) is 6.44. The highest BCUT2D eigenvalue weighted by Gasteiger charge is 2.12. The molecule has 174 valence electrons. The van der Waals surface area contributed by atoms with E-state index in [0.717, 1.165) is 16.7 Å². The standard InChI is InChI=1S/C29H30N2O3/c1-6-33-28-16-23(10-12-27(28)34-18-24-9-7-19(2)21(4)13-24)15-25(17-30)29(32)31-26-11-8-20(3)22(5)14-26/h7-16H,6,18H2,1-5H3,(H,31,32)/b25-15+.